The van der Waals surface area contributed by atoms with Gasteiger partial charge in [0.2, 0.25) is 0 Å². The van der Waals surface area contributed by atoms with Gasteiger partial charge < -0.3 is 14.2 Å². The normalized spacial score (nSPS) is 11.8. The zero-order valence-corrected chi connectivity index (χ0v) is 32.8. The number of unbranched alkanes of at least 4 members (excludes halogenated alkanes) is 4. The topological polar surface area (TPSA) is 79.2 Å². The summed E-state index contributed by atoms with van der Waals surface area (Å²) < 4.78 is 17.9. The fraction of sp³-hybridized carbons (Fsp3) is 0.500. The molecule has 49 heavy (non-hydrogen) atoms. The zero-order chi connectivity index (χ0) is 35.0. The molecule has 7 nitrogen and oxygen atoms in total. The van der Waals surface area contributed by atoms with Gasteiger partial charge in [-0.25, -0.2) is 19.9 Å². The van der Waals surface area contributed by atoms with E-state index in [1.165, 1.54) is 62.7 Å². The third-order valence-corrected chi connectivity index (χ3v) is 16.0. The lowest BCUT2D eigenvalue weighted by atomic mass is 10.2. The summed E-state index contributed by atoms with van der Waals surface area (Å²) in [7, 11) is -2.08. The Bertz CT molecular complexity index is 1380. The minimum atomic E-state index is -1.04. The van der Waals surface area contributed by atoms with Crippen molar-refractivity contribution in [1.29, 1.82) is 0 Å². The van der Waals surface area contributed by atoms with Crippen LogP contribution in [0.5, 0.6) is 23.0 Å². The van der Waals surface area contributed by atoms with Crippen LogP contribution in [0.4, 0.5) is 0 Å². The van der Waals surface area contributed by atoms with Gasteiger partial charge in [0.15, 0.2) is 23.1 Å². The molecule has 0 unspecified atom stereocenters. The number of ether oxygens (including phenoxy) is 3. The second-order valence-electron chi connectivity index (χ2n) is 14.8. The van der Waals surface area contributed by atoms with Gasteiger partial charge in [-0.05, 0) is 61.4 Å². The predicted molar refractivity (Wildman–Crippen MR) is 208 cm³/mol. The van der Waals surface area contributed by atoms with Crippen LogP contribution >= 0.6 is 0 Å². The van der Waals surface area contributed by atoms with E-state index < -0.39 is 16.1 Å². The molecule has 2 aromatic heterocycles. The number of aromatic nitrogens is 4. The highest BCUT2D eigenvalue weighted by atomic mass is 28.3. The van der Waals surface area contributed by atoms with Crippen LogP contribution in [0.25, 0.3) is 22.8 Å². The molecule has 0 atom stereocenters. The summed E-state index contributed by atoms with van der Waals surface area (Å²) in [6.07, 6.45) is 16.7. The molecule has 0 N–H and O–H groups in total. The second-order valence-corrected chi connectivity index (χ2v) is 25.4. The van der Waals surface area contributed by atoms with Gasteiger partial charge in [-0.3, -0.25) is 0 Å². The minimum Gasteiger partial charge on any atom is -0.494 e. The van der Waals surface area contributed by atoms with Crippen molar-refractivity contribution in [2.45, 2.75) is 116 Å². The molecule has 0 bridgehead atoms. The van der Waals surface area contributed by atoms with Crippen LogP contribution in [0, 0.1) is 0 Å². The summed E-state index contributed by atoms with van der Waals surface area (Å²) in [5.74, 6) is 4.06. The lowest BCUT2D eigenvalue weighted by molar-refractivity contribution is 0.309. The fourth-order valence-corrected chi connectivity index (χ4v) is 11.5. The summed E-state index contributed by atoms with van der Waals surface area (Å²) in [5, 5.41) is 0. The van der Waals surface area contributed by atoms with Crippen molar-refractivity contribution in [3.8, 4) is 45.8 Å². The first-order chi connectivity index (χ1) is 23.7. The monoisotopic (exact) mass is 698 g/mol. The molecule has 0 amide bonds. The lowest BCUT2D eigenvalue weighted by Crippen LogP contribution is -2.24. The molecule has 0 spiro atoms. The fourth-order valence-electron chi connectivity index (χ4n) is 5.92. The van der Waals surface area contributed by atoms with Crippen molar-refractivity contribution in [3.63, 3.8) is 0 Å². The largest absolute Gasteiger partial charge is 0.494 e. The molecule has 2 aromatic carbocycles. The second kappa shape index (κ2) is 19.6. The number of hydrogen-bond donors (Lipinski definition) is 0. The van der Waals surface area contributed by atoms with E-state index in [-0.39, 0.29) is 0 Å². The Morgan fingerprint density at radius 3 is 1.14 bits per heavy atom. The summed E-state index contributed by atoms with van der Waals surface area (Å²) in [6.45, 7) is 16.1. The van der Waals surface area contributed by atoms with E-state index in [0.29, 0.717) is 23.1 Å². The molecule has 0 aliphatic rings. The molecule has 4 aromatic rings. The smallest absolute Gasteiger partial charge is 0.164 e. The van der Waals surface area contributed by atoms with Crippen molar-refractivity contribution in [1.82, 2.24) is 19.9 Å². The highest BCUT2D eigenvalue weighted by Crippen LogP contribution is 2.26. The van der Waals surface area contributed by atoms with Crippen molar-refractivity contribution in [2.75, 3.05) is 13.2 Å². The molecule has 0 fully saturated rings. The average Bonchev–Trinajstić information content (AvgIpc) is 3.11. The molecule has 0 aliphatic carbocycles. The zero-order valence-electron chi connectivity index (χ0n) is 30.8. The number of hydrogen-bond acceptors (Lipinski definition) is 7. The molecular weight excluding hydrogens is 641 g/mol. The molecule has 0 radical (unpaired) electrons. The third kappa shape index (κ3) is 13.7. The van der Waals surface area contributed by atoms with Crippen LogP contribution in [-0.2, 0) is 0 Å². The van der Waals surface area contributed by atoms with Gasteiger partial charge in [0.25, 0.3) is 0 Å². The van der Waals surface area contributed by atoms with Gasteiger partial charge in [0.05, 0.1) is 38.0 Å². The maximum atomic E-state index is 6.00. The first kappa shape index (κ1) is 38.2. The van der Waals surface area contributed by atoms with Crippen LogP contribution in [0.1, 0.15) is 65.2 Å². The molecule has 9 heteroatoms. The molecule has 0 aliphatic heterocycles. The molecular formula is C40H58N4O3Si2. The standard InChI is InChI=1S/C40H58N4O3Si2/c1-7-9-25-48(3,4)27-13-11-23-45-35-19-15-33(16-20-35)39-41-29-37(30-42-39)47-38-31-43-40(44-32-38)34-17-21-36(22-18-34)46-24-12-14-28-49(5,6)26-10-8-2/h15-22,29-32H,7-14,23-28H2,1-6H3. The molecule has 2 heterocycles. The SMILES string of the molecule is CCCC[Si](C)(C)CCCCOc1ccc(-c2ncc(Oc3cnc(-c4ccc(OCCCC[Si](C)(C)CCCC)cc4)nc3)cn2)cc1. The van der Waals surface area contributed by atoms with Gasteiger partial charge in [-0.2, -0.15) is 0 Å². The van der Waals surface area contributed by atoms with E-state index in [9.17, 15) is 0 Å². The van der Waals surface area contributed by atoms with Crippen LogP contribution in [-0.4, -0.2) is 49.3 Å². The average molecular weight is 699 g/mol. The quantitative estimate of drug-likeness (QED) is 0.0597. The summed E-state index contributed by atoms with van der Waals surface area (Å²) in [4.78, 5) is 18.0. The molecule has 0 saturated heterocycles. The molecule has 0 saturated carbocycles. The number of nitrogens with zero attached hydrogens (tertiary/aromatic N) is 4. The molecule has 4 rings (SSSR count). The van der Waals surface area contributed by atoms with Gasteiger partial charge >= 0.3 is 0 Å². The van der Waals surface area contributed by atoms with E-state index in [1.807, 2.05) is 48.5 Å². The van der Waals surface area contributed by atoms with Crippen LogP contribution in [0.15, 0.2) is 73.3 Å². The Morgan fingerprint density at radius 1 is 0.449 bits per heavy atom. The predicted octanol–water partition coefficient (Wildman–Crippen LogP) is 11.7. The Labute approximate surface area is 297 Å². The summed E-state index contributed by atoms with van der Waals surface area (Å²) >= 11 is 0. The first-order valence-electron chi connectivity index (χ1n) is 18.4. The van der Waals surface area contributed by atoms with E-state index in [1.54, 1.807) is 24.8 Å². The number of rotatable bonds is 22. The van der Waals surface area contributed by atoms with Crippen molar-refractivity contribution >= 4 is 16.1 Å². The minimum absolute atomic E-state index is 0.523. The van der Waals surface area contributed by atoms with Gasteiger partial charge in [0.1, 0.15) is 11.5 Å². The summed E-state index contributed by atoms with van der Waals surface area (Å²) in [5.41, 5.74) is 1.85. The van der Waals surface area contributed by atoms with Crippen molar-refractivity contribution in [3.05, 3.63) is 73.3 Å². The highest BCUT2D eigenvalue weighted by Gasteiger charge is 2.19. The maximum absolute atomic E-state index is 6.00. The molecule has 264 valence electrons. The Balaban J connectivity index is 1.18. The third-order valence-electron chi connectivity index (χ3n) is 9.16. The highest BCUT2D eigenvalue weighted by molar-refractivity contribution is 6.77. The Hall–Kier alpha value is -3.57. The van der Waals surface area contributed by atoms with Gasteiger partial charge in [0, 0.05) is 27.3 Å². The van der Waals surface area contributed by atoms with Gasteiger partial charge in [-0.15, -0.1) is 0 Å². The maximum Gasteiger partial charge on any atom is 0.164 e. The van der Waals surface area contributed by atoms with Crippen LogP contribution in [0.3, 0.4) is 0 Å². The van der Waals surface area contributed by atoms with Crippen LogP contribution in [0.2, 0.25) is 50.4 Å². The van der Waals surface area contributed by atoms with Gasteiger partial charge in [-0.1, -0.05) is 103 Å². The van der Waals surface area contributed by atoms with E-state index >= 15 is 0 Å². The van der Waals surface area contributed by atoms with E-state index in [2.05, 4.69) is 60.0 Å². The van der Waals surface area contributed by atoms with E-state index in [4.69, 9.17) is 14.2 Å². The van der Waals surface area contributed by atoms with Crippen molar-refractivity contribution < 1.29 is 14.2 Å². The summed E-state index contributed by atoms with van der Waals surface area (Å²) in [6, 6.07) is 21.6. The van der Waals surface area contributed by atoms with E-state index in [0.717, 1.165) is 48.7 Å². The Morgan fingerprint density at radius 2 is 0.796 bits per heavy atom. The van der Waals surface area contributed by atoms with Crippen LogP contribution < -0.4 is 14.2 Å². The first-order valence-corrected chi connectivity index (χ1v) is 25.3. The Kier molecular flexibility index (Phi) is 15.3. The van der Waals surface area contributed by atoms with Crippen molar-refractivity contribution in [2.24, 2.45) is 0 Å². The number of benzene rings is 2. The lowest BCUT2D eigenvalue weighted by Gasteiger charge is -2.21.